The van der Waals surface area contributed by atoms with Gasteiger partial charge in [-0.15, -0.1) is 0 Å². The number of aryl methyl sites for hydroxylation is 3. The first-order valence-electron chi connectivity index (χ1n) is 8.01. The van der Waals surface area contributed by atoms with Crippen LogP contribution in [0.2, 0.25) is 0 Å². The smallest absolute Gasteiger partial charge is 0.0547 e. The first-order valence-corrected chi connectivity index (χ1v) is 8.01. The molecule has 1 aromatic heterocycles. The van der Waals surface area contributed by atoms with Gasteiger partial charge in [0.2, 0.25) is 0 Å². The van der Waals surface area contributed by atoms with Crippen molar-refractivity contribution in [2.45, 2.75) is 51.6 Å². The zero-order valence-electron chi connectivity index (χ0n) is 13.3. The number of hydrogen-bond acceptors (Lipinski definition) is 2. The zero-order chi connectivity index (χ0) is 14.8. The number of nitrogens with zero attached hydrogens (tertiary/aromatic N) is 2. The van der Waals surface area contributed by atoms with Gasteiger partial charge < -0.3 is 5.32 Å². The Morgan fingerprint density at radius 3 is 2.52 bits per heavy atom. The van der Waals surface area contributed by atoms with Crippen LogP contribution < -0.4 is 5.32 Å². The number of fused-ring (bicyclic) bond motifs is 1. The van der Waals surface area contributed by atoms with Crippen molar-refractivity contribution in [1.82, 2.24) is 15.1 Å². The first kappa shape index (κ1) is 14.3. The third-order valence-corrected chi connectivity index (χ3v) is 4.68. The Balaban J connectivity index is 1.73. The molecule has 3 nitrogen and oxygen atoms in total. The van der Waals surface area contributed by atoms with Crippen LogP contribution in [0.4, 0.5) is 0 Å². The van der Waals surface area contributed by atoms with Crippen LogP contribution in [0.15, 0.2) is 30.5 Å². The van der Waals surface area contributed by atoms with E-state index in [0.717, 1.165) is 0 Å². The van der Waals surface area contributed by atoms with E-state index in [0.29, 0.717) is 12.1 Å². The second-order valence-electron chi connectivity index (χ2n) is 6.22. The maximum absolute atomic E-state index is 4.25. The van der Waals surface area contributed by atoms with Crippen molar-refractivity contribution in [1.29, 1.82) is 0 Å². The summed E-state index contributed by atoms with van der Waals surface area (Å²) >= 11 is 0. The van der Waals surface area contributed by atoms with Gasteiger partial charge in [-0.05, 0) is 62.3 Å². The molecule has 0 fully saturated rings. The molecule has 3 rings (SSSR count). The zero-order valence-corrected chi connectivity index (χ0v) is 13.3. The van der Waals surface area contributed by atoms with Gasteiger partial charge >= 0.3 is 0 Å². The number of rotatable bonds is 4. The molecule has 2 atom stereocenters. The lowest BCUT2D eigenvalue weighted by atomic mass is 9.89. The molecule has 2 unspecified atom stereocenters. The fourth-order valence-corrected chi connectivity index (χ4v) is 3.39. The molecule has 0 bridgehead atoms. The van der Waals surface area contributed by atoms with Crippen LogP contribution in [-0.4, -0.2) is 9.78 Å². The van der Waals surface area contributed by atoms with Gasteiger partial charge in [0.1, 0.15) is 0 Å². The second-order valence-corrected chi connectivity index (χ2v) is 6.22. The molecular weight excluding hydrogens is 258 g/mol. The fourth-order valence-electron chi connectivity index (χ4n) is 3.39. The van der Waals surface area contributed by atoms with E-state index in [1.54, 1.807) is 11.1 Å². The normalized spacial score (nSPS) is 17.3. The molecule has 1 N–H and O–H groups in total. The molecule has 1 heterocycles. The lowest BCUT2D eigenvalue weighted by Crippen LogP contribution is -2.24. The quantitative estimate of drug-likeness (QED) is 0.927. The minimum Gasteiger partial charge on any atom is -0.302 e. The molecule has 0 saturated heterocycles. The minimum absolute atomic E-state index is 0.295. The molecule has 0 amide bonds. The standard InChI is InChI=1S/C18H25N3/c1-13(20-14(2)18-10-11-19-21(18)3)16-9-8-15-6-4-5-7-17(15)12-16/h8-14,20H,4-7H2,1-3H3. The van der Waals surface area contributed by atoms with Gasteiger partial charge in [0.15, 0.2) is 0 Å². The lowest BCUT2D eigenvalue weighted by molar-refractivity contribution is 0.469. The van der Waals surface area contributed by atoms with Crippen molar-refractivity contribution in [3.8, 4) is 0 Å². The van der Waals surface area contributed by atoms with E-state index >= 15 is 0 Å². The van der Waals surface area contributed by atoms with E-state index in [1.807, 2.05) is 17.9 Å². The van der Waals surface area contributed by atoms with E-state index in [9.17, 15) is 0 Å². The molecule has 0 spiro atoms. The van der Waals surface area contributed by atoms with Crippen molar-refractivity contribution < 1.29 is 0 Å². The SMILES string of the molecule is CC(NC(C)c1ccnn1C)c1ccc2c(c1)CCCC2. The Morgan fingerprint density at radius 2 is 1.81 bits per heavy atom. The number of nitrogens with one attached hydrogen (secondary N) is 1. The van der Waals surface area contributed by atoms with Crippen molar-refractivity contribution in [2.24, 2.45) is 7.05 Å². The van der Waals surface area contributed by atoms with E-state index in [2.05, 4.69) is 48.5 Å². The van der Waals surface area contributed by atoms with Gasteiger partial charge in [-0.25, -0.2) is 0 Å². The Hall–Kier alpha value is -1.61. The average Bonchev–Trinajstić information content (AvgIpc) is 2.93. The van der Waals surface area contributed by atoms with E-state index in [-0.39, 0.29) is 0 Å². The van der Waals surface area contributed by atoms with Crippen LogP contribution in [0, 0.1) is 0 Å². The van der Waals surface area contributed by atoms with Gasteiger partial charge in [0.05, 0.1) is 5.69 Å². The third kappa shape index (κ3) is 3.03. The van der Waals surface area contributed by atoms with E-state index < -0.39 is 0 Å². The summed E-state index contributed by atoms with van der Waals surface area (Å²) in [6, 6.07) is 9.75. The monoisotopic (exact) mass is 283 g/mol. The largest absolute Gasteiger partial charge is 0.302 e. The summed E-state index contributed by atoms with van der Waals surface area (Å²) in [6.07, 6.45) is 7.04. The summed E-state index contributed by atoms with van der Waals surface area (Å²) in [5.41, 5.74) is 5.72. The summed E-state index contributed by atoms with van der Waals surface area (Å²) in [5, 5.41) is 7.94. The molecule has 0 radical (unpaired) electrons. The minimum atomic E-state index is 0.295. The predicted octanol–water partition coefficient (Wildman–Crippen LogP) is 3.71. The van der Waals surface area contributed by atoms with Gasteiger partial charge in [0.25, 0.3) is 0 Å². The molecule has 1 aromatic carbocycles. The Morgan fingerprint density at radius 1 is 1.05 bits per heavy atom. The molecule has 112 valence electrons. The maximum atomic E-state index is 4.25. The van der Waals surface area contributed by atoms with Crippen LogP contribution in [0.5, 0.6) is 0 Å². The molecule has 0 saturated carbocycles. The van der Waals surface area contributed by atoms with Crippen LogP contribution in [0.3, 0.4) is 0 Å². The average molecular weight is 283 g/mol. The summed E-state index contributed by atoms with van der Waals surface area (Å²) in [7, 11) is 2.00. The van der Waals surface area contributed by atoms with Crippen molar-refractivity contribution in [3.63, 3.8) is 0 Å². The summed E-state index contributed by atoms with van der Waals surface area (Å²) in [4.78, 5) is 0. The second kappa shape index (κ2) is 6.02. The maximum Gasteiger partial charge on any atom is 0.0547 e. The summed E-state index contributed by atoms with van der Waals surface area (Å²) < 4.78 is 1.94. The topological polar surface area (TPSA) is 29.9 Å². The molecule has 0 aliphatic heterocycles. The summed E-state index contributed by atoms with van der Waals surface area (Å²) in [5.74, 6) is 0. The lowest BCUT2D eigenvalue weighted by Gasteiger charge is -2.23. The molecule has 1 aliphatic rings. The Kier molecular flexibility index (Phi) is 4.11. The van der Waals surface area contributed by atoms with Crippen LogP contribution in [0.25, 0.3) is 0 Å². The van der Waals surface area contributed by atoms with Gasteiger partial charge in [-0.2, -0.15) is 5.10 Å². The highest BCUT2D eigenvalue weighted by Gasteiger charge is 2.16. The van der Waals surface area contributed by atoms with E-state index in [1.165, 1.54) is 36.9 Å². The number of hydrogen-bond donors (Lipinski definition) is 1. The van der Waals surface area contributed by atoms with E-state index in [4.69, 9.17) is 0 Å². The van der Waals surface area contributed by atoms with Crippen LogP contribution >= 0.6 is 0 Å². The van der Waals surface area contributed by atoms with Crippen LogP contribution in [-0.2, 0) is 19.9 Å². The highest BCUT2D eigenvalue weighted by molar-refractivity contribution is 5.35. The Labute approximate surface area is 127 Å². The van der Waals surface area contributed by atoms with Crippen molar-refractivity contribution in [2.75, 3.05) is 0 Å². The first-order chi connectivity index (χ1) is 10.1. The molecule has 1 aliphatic carbocycles. The Bertz CT molecular complexity index is 615. The van der Waals surface area contributed by atoms with Gasteiger partial charge in [-0.3, -0.25) is 4.68 Å². The predicted molar refractivity (Wildman–Crippen MR) is 86.3 cm³/mol. The van der Waals surface area contributed by atoms with Crippen LogP contribution in [0.1, 0.15) is 61.2 Å². The molecular formula is C18H25N3. The molecule has 3 heteroatoms. The van der Waals surface area contributed by atoms with Crippen molar-refractivity contribution in [3.05, 3.63) is 52.8 Å². The highest BCUT2D eigenvalue weighted by atomic mass is 15.3. The number of benzene rings is 1. The van der Waals surface area contributed by atoms with Crippen molar-refractivity contribution >= 4 is 0 Å². The fraction of sp³-hybridized carbons (Fsp3) is 0.500. The third-order valence-electron chi connectivity index (χ3n) is 4.68. The number of aromatic nitrogens is 2. The molecule has 21 heavy (non-hydrogen) atoms. The molecule has 2 aromatic rings. The van der Waals surface area contributed by atoms with Gasteiger partial charge in [0, 0.05) is 25.3 Å². The summed E-state index contributed by atoms with van der Waals surface area (Å²) in [6.45, 7) is 4.45. The van der Waals surface area contributed by atoms with Gasteiger partial charge in [-0.1, -0.05) is 18.2 Å². The highest BCUT2D eigenvalue weighted by Crippen LogP contribution is 2.26.